The fraction of sp³-hybridized carbons (Fsp3) is 0.125. The maximum Gasteiger partial charge on any atom is 0.262 e. The highest BCUT2D eigenvalue weighted by Gasteiger charge is 2.08. The van der Waals surface area contributed by atoms with Crippen molar-refractivity contribution in [2.75, 3.05) is 11.9 Å². The Kier molecular flexibility index (Phi) is 5.04. The van der Waals surface area contributed by atoms with Gasteiger partial charge in [-0.05, 0) is 81.9 Å². The molecule has 3 aromatic rings. The van der Waals surface area contributed by atoms with Gasteiger partial charge < -0.3 is 10.1 Å². The van der Waals surface area contributed by atoms with Crippen molar-refractivity contribution < 1.29 is 9.53 Å². The summed E-state index contributed by atoms with van der Waals surface area (Å²) in [6.07, 6.45) is 1.51. The summed E-state index contributed by atoms with van der Waals surface area (Å²) in [5.74, 6) is 0.420. The molecule has 8 heteroatoms. The molecule has 0 bridgehead atoms. The second-order valence-corrected chi connectivity index (χ2v) is 6.29. The highest BCUT2D eigenvalue weighted by atomic mass is 127. The molecule has 0 aliphatic rings. The molecule has 0 saturated carbocycles. The number of anilines is 1. The van der Waals surface area contributed by atoms with Gasteiger partial charge in [-0.3, -0.25) is 4.79 Å². The van der Waals surface area contributed by atoms with Crippen LogP contribution in [0.3, 0.4) is 0 Å². The molecule has 1 N–H and O–H groups in total. The lowest BCUT2D eigenvalue weighted by molar-refractivity contribution is -0.118. The van der Waals surface area contributed by atoms with Crippen molar-refractivity contribution in [3.05, 3.63) is 57.9 Å². The molecule has 0 aliphatic carbocycles. The number of aryl methyl sites for hydroxylation is 1. The molecule has 3 rings (SSSR count). The zero-order valence-electron chi connectivity index (χ0n) is 12.8. The van der Waals surface area contributed by atoms with Gasteiger partial charge in [-0.15, -0.1) is 5.10 Å². The molecule has 0 atom stereocenters. The molecule has 24 heavy (non-hydrogen) atoms. The predicted octanol–water partition coefficient (Wildman–Crippen LogP) is 2.59. The van der Waals surface area contributed by atoms with Gasteiger partial charge in [0.25, 0.3) is 5.91 Å². The van der Waals surface area contributed by atoms with E-state index in [-0.39, 0.29) is 12.5 Å². The number of benzene rings is 2. The number of carbonyl (C=O) groups is 1. The van der Waals surface area contributed by atoms with Gasteiger partial charge in [0.2, 0.25) is 0 Å². The summed E-state index contributed by atoms with van der Waals surface area (Å²) in [7, 11) is 0. The van der Waals surface area contributed by atoms with E-state index < -0.39 is 0 Å². The molecule has 2 aromatic carbocycles. The maximum atomic E-state index is 12.1. The SMILES string of the molecule is Cc1ccc(NC(=O)COc2ccc(I)cc2)cc1-n1cnnn1. The second-order valence-electron chi connectivity index (χ2n) is 5.05. The van der Waals surface area contributed by atoms with Crippen molar-refractivity contribution in [1.29, 1.82) is 0 Å². The van der Waals surface area contributed by atoms with E-state index in [4.69, 9.17) is 4.74 Å². The van der Waals surface area contributed by atoms with Crippen LogP contribution in [0.4, 0.5) is 5.69 Å². The average molecular weight is 435 g/mol. The summed E-state index contributed by atoms with van der Waals surface area (Å²) >= 11 is 2.21. The molecule has 122 valence electrons. The summed E-state index contributed by atoms with van der Waals surface area (Å²) in [5.41, 5.74) is 2.45. The molecule has 0 fully saturated rings. The van der Waals surface area contributed by atoms with Crippen LogP contribution in [0, 0.1) is 10.5 Å². The van der Waals surface area contributed by atoms with Crippen molar-refractivity contribution >= 4 is 34.2 Å². The van der Waals surface area contributed by atoms with Gasteiger partial charge in [-0.2, -0.15) is 0 Å². The number of nitrogens with one attached hydrogen (secondary N) is 1. The first-order chi connectivity index (χ1) is 11.6. The fourth-order valence-corrected chi connectivity index (χ4v) is 2.44. The third-order valence-corrected chi connectivity index (χ3v) is 3.99. The van der Waals surface area contributed by atoms with Gasteiger partial charge in [-0.25, -0.2) is 4.68 Å². The molecule has 1 heterocycles. The Morgan fingerprint density at radius 3 is 2.75 bits per heavy atom. The zero-order valence-corrected chi connectivity index (χ0v) is 15.0. The highest BCUT2D eigenvalue weighted by Crippen LogP contribution is 2.18. The molecule has 0 spiro atoms. The number of halogens is 1. The molecule has 1 amide bonds. The van der Waals surface area contributed by atoms with Crippen LogP contribution in [0.2, 0.25) is 0 Å². The number of aromatic nitrogens is 4. The van der Waals surface area contributed by atoms with E-state index in [2.05, 4.69) is 43.4 Å². The normalized spacial score (nSPS) is 10.4. The molecular weight excluding hydrogens is 421 g/mol. The minimum absolute atomic E-state index is 0.0608. The summed E-state index contributed by atoms with van der Waals surface area (Å²) < 4.78 is 8.13. The Morgan fingerprint density at radius 1 is 1.25 bits per heavy atom. The lowest BCUT2D eigenvalue weighted by atomic mass is 10.2. The van der Waals surface area contributed by atoms with Crippen LogP contribution in [-0.2, 0) is 4.79 Å². The maximum absolute atomic E-state index is 12.1. The first kappa shape index (κ1) is 16.4. The van der Waals surface area contributed by atoms with Crippen molar-refractivity contribution in [2.45, 2.75) is 6.92 Å². The Balaban J connectivity index is 1.64. The van der Waals surface area contributed by atoms with Gasteiger partial charge in [0.1, 0.15) is 12.1 Å². The lowest BCUT2D eigenvalue weighted by Gasteiger charge is -2.10. The van der Waals surface area contributed by atoms with Gasteiger partial charge >= 0.3 is 0 Å². The Morgan fingerprint density at radius 2 is 2.04 bits per heavy atom. The molecule has 1 aromatic heterocycles. The van der Waals surface area contributed by atoms with Crippen LogP contribution >= 0.6 is 22.6 Å². The number of amides is 1. The van der Waals surface area contributed by atoms with E-state index in [0.717, 1.165) is 14.8 Å². The van der Waals surface area contributed by atoms with E-state index in [9.17, 15) is 4.79 Å². The molecule has 0 radical (unpaired) electrons. The second kappa shape index (κ2) is 7.39. The van der Waals surface area contributed by atoms with E-state index in [0.29, 0.717) is 11.4 Å². The van der Waals surface area contributed by atoms with Crippen molar-refractivity contribution in [3.63, 3.8) is 0 Å². The molecule has 0 unspecified atom stereocenters. The Hall–Kier alpha value is -2.49. The molecule has 0 aliphatic heterocycles. The van der Waals surface area contributed by atoms with Crippen LogP contribution in [0.1, 0.15) is 5.56 Å². The number of nitrogens with zero attached hydrogens (tertiary/aromatic N) is 4. The average Bonchev–Trinajstić information content (AvgIpc) is 3.10. The summed E-state index contributed by atoms with van der Waals surface area (Å²) in [6.45, 7) is 1.89. The first-order valence-corrected chi connectivity index (χ1v) is 8.22. The molecule has 0 saturated heterocycles. The lowest BCUT2D eigenvalue weighted by Crippen LogP contribution is -2.20. The summed E-state index contributed by atoms with van der Waals surface area (Å²) in [5, 5.41) is 13.9. The number of rotatable bonds is 5. The van der Waals surface area contributed by atoms with Crippen LogP contribution in [-0.4, -0.2) is 32.7 Å². The third kappa shape index (κ3) is 4.07. The standard InChI is InChI=1S/C16H14IN5O2/c1-11-2-5-13(8-15(11)22-10-18-20-21-22)19-16(23)9-24-14-6-3-12(17)4-7-14/h2-8,10H,9H2,1H3,(H,19,23). The number of hydrogen-bond acceptors (Lipinski definition) is 5. The number of tetrazole rings is 1. The van der Waals surface area contributed by atoms with Crippen LogP contribution < -0.4 is 10.1 Å². The minimum atomic E-state index is -0.236. The summed E-state index contributed by atoms with van der Waals surface area (Å²) in [6, 6.07) is 13.0. The van der Waals surface area contributed by atoms with E-state index in [1.54, 1.807) is 4.68 Å². The van der Waals surface area contributed by atoms with Gasteiger partial charge in [0, 0.05) is 9.26 Å². The van der Waals surface area contributed by atoms with Crippen molar-refractivity contribution in [2.24, 2.45) is 0 Å². The van der Waals surface area contributed by atoms with Crippen molar-refractivity contribution in [1.82, 2.24) is 20.2 Å². The van der Waals surface area contributed by atoms with E-state index in [1.165, 1.54) is 6.33 Å². The number of carbonyl (C=O) groups excluding carboxylic acids is 1. The fourth-order valence-electron chi connectivity index (χ4n) is 2.08. The van der Waals surface area contributed by atoms with E-state index in [1.807, 2.05) is 49.4 Å². The number of ether oxygens (including phenoxy) is 1. The van der Waals surface area contributed by atoms with Gasteiger partial charge in [0.05, 0.1) is 5.69 Å². The van der Waals surface area contributed by atoms with E-state index >= 15 is 0 Å². The third-order valence-electron chi connectivity index (χ3n) is 3.27. The largest absolute Gasteiger partial charge is 0.484 e. The van der Waals surface area contributed by atoms with Crippen molar-refractivity contribution in [3.8, 4) is 11.4 Å². The Bertz CT molecular complexity index is 834. The Labute approximate surface area is 152 Å². The monoisotopic (exact) mass is 435 g/mol. The smallest absolute Gasteiger partial charge is 0.262 e. The highest BCUT2D eigenvalue weighted by molar-refractivity contribution is 14.1. The predicted molar refractivity (Wildman–Crippen MR) is 97.2 cm³/mol. The van der Waals surface area contributed by atoms with Crippen LogP contribution in [0.15, 0.2) is 48.8 Å². The number of hydrogen-bond donors (Lipinski definition) is 1. The topological polar surface area (TPSA) is 81.9 Å². The zero-order chi connectivity index (χ0) is 16.9. The molecular formula is C16H14IN5O2. The minimum Gasteiger partial charge on any atom is -0.484 e. The van der Waals surface area contributed by atoms with Gasteiger partial charge in [0.15, 0.2) is 6.61 Å². The quantitative estimate of drug-likeness (QED) is 0.624. The van der Waals surface area contributed by atoms with Gasteiger partial charge in [-0.1, -0.05) is 6.07 Å². The van der Waals surface area contributed by atoms with Crippen LogP contribution in [0.25, 0.3) is 5.69 Å². The van der Waals surface area contributed by atoms with Crippen LogP contribution in [0.5, 0.6) is 5.75 Å². The molecule has 7 nitrogen and oxygen atoms in total. The summed E-state index contributed by atoms with van der Waals surface area (Å²) in [4.78, 5) is 12.1. The first-order valence-electron chi connectivity index (χ1n) is 7.14.